The summed E-state index contributed by atoms with van der Waals surface area (Å²) in [4.78, 5) is 0. The van der Waals surface area contributed by atoms with Crippen molar-refractivity contribution in [2.45, 2.75) is 25.9 Å². The molecule has 2 aromatic carbocycles. The van der Waals surface area contributed by atoms with E-state index >= 15 is 0 Å². The van der Waals surface area contributed by atoms with Crippen molar-refractivity contribution in [3.63, 3.8) is 0 Å². The fourth-order valence-corrected chi connectivity index (χ4v) is 3.15. The van der Waals surface area contributed by atoms with Gasteiger partial charge in [0.25, 0.3) is 0 Å². The van der Waals surface area contributed by atoms with E-state index in [1.165, 1.54) is 11.1 Å². The van der Waals surface area contributed by atoms with Crippen LogP contribution in [0.5, 0.6) is 0 Å². The minimum absolute atomic E-state index is 0.138. The van der Waals surface area contributed by atoms with Crippen molar-refractivity contribution in [3.8, 4) is 0 Å². The van der Waals surface area contributed by atoms with Crippen molar-refractivity contribution in [1.82, 2.24) is 40.4 Å². The summed E-state index contributed by atoms with van der Waals surface area (Å²) < 4.78 is 4.46. The van der Waals surface area contributed by atoms with Gasteiger partial charge in [0, 0.05) is 0 Å². The van der Waals surface area contributed by atoms with Gasteiger partial charge >= 0.3 is 0 Å². The molecule has 2 unspecified atom stereocenters. The number of nitrogens with zero attached hydrogens (tertiary/aromatic N) is 6. The molecule has 0 spiro atoms. The highest BCUT2D eigenvalue weighted by Gasteiger charge is 2.09. The number of hydrogen-bond acceptors (Lipinski definition) is 6. The van der Waals surface area contributed by atoms with Gasteiger partial charge in [-0.3, -0.25) is 0 Å². The monoisotopic (exact) mass is 412 g/mol. The van der Waals surface area contributed by atoms with E-state index in [9.17, 15) is 0 Å². The highest BCUT2D eigenvalue weighted by Crippen LogP contribution is 2.16. The van der Waals surface area contributed by atoms with Gasteiger partial charge in [0.1, 0.15) is 0 Å². The van der Waals surface area contributed by atoms with Crippen molar-refractivity contribution >= 4 is 24.4 Å². The maximum Gasteiger partial charge on any atom is 0.238 e. The van der Waals surface area contributed by atoms with E-state index in [1.54, 1.807) is 9.36 Å². The standard InChI is InChI=1S/2C9H10N4S/c2*1-7(8-5-3-2-4-6-8)13-9(14)10-11-12-13/h2*2-7H,1H3,(H,10,12,14). The van der Waals surface area contributed by atoms with Crippen LogP contribution in [-0.2, 0) is 0 Å². The molecule has 10 heteroatoms. The van der Waals surface area contributed by atoms with Crippen LogP contribution in [0.2, 0.25) is 0 Å². The van der Waals surface area contributed by atoms with Crippen LogP contribution in [-0.4, -0.2) is 40.4 Å². The summed E-state index contributed by atoms with van der Waals surface area (Å²) in [6, 6.07) is 20.4. The van der Waals surface area contributed by atoms with Gasteiger partial charge in [-0.2, -0.15) is 10.4 Å². The van der Waals surface area contributed by atoms with Crippen LogP contribution in [0.4, 0.5) is 0 Å². The minimum Gasteiger partial charge on any atom is -0.235 e. The molecule has 8 nitrogen and oxygen atoms in total. The number of hydrogen-bond donors (Lipinski definition) is 2. The molecule has 0 amide bonds. The Labute approximate surface area is 172 Å². The third kappa shape index (κ3) is 4.65. The molecule has 2 N–H and O–H groups in total. The van der Waals surface area contributed by atoms with E-state index in [2.05, 4.69) is 31.1 Å². The number of nitrogens with one attached hydrogen (secondary N) is 2. The largest absolute Gasteiger partial charge is 0.238 e. The molecule has 0 saturated heterocycles. The fraction of sp³-hybridized carbons (Fsp3) is 0.222. The summed E-state index contributed by atoms with van der Waals surface area (Å²) in [5, 5.41) is 20.3. The predicted octanol–water partition coefficient (Wildman–Crippen LogP) is 3.89. The Kier molecular flexibility index (Phi) is 6.56. The summed E-state index contributed by atoms with van der Waals surface area (Å²) in [6.07, 6.45) is 0. The topological polar surface area (TPSA) is 93.0 Å². The summed E-state index contributed by atoms with van der Waals surface area (Å²) in [7, 11) is 0. The Morgan fingerprint density at radius 1 is 0.679 bits per heavy atom. The van der Waals surface area contributed by atoms with Gasteiger partial charge in [-0.05, 0) is 49.4 Å². The first-order chi connectivity index (χ1) is 13.6. The zero-order chi connectivity index (χ0) is 19.9. The van der Waals surface area contributed by atoms with E-state index in [0.717, 1.165) is 0 Å². The van der Waals surface area contributed by atoms with Crippen LogP contribution in [0, 0.1) is 9.54 Å². The first-order valence-electron chi connectivity index (χ1n) is 8.67. The second kappa shape index (κ2) is 9.29. The molecular weight excluding hydrogens is 392 g/mol. The molecule has 2 heterocycles. The molecule has 0 radical (unpaired) electrons. The number of aromatic amines is 2. The van der Waals surface area contributed by atoms with Gasteiger partial charge in [0.15, 0.2) is 0 Å². The zero-order valence-corrected chi connectivity index (χ0v) is 17.1. The SMILES string of the molecule is CC(c1ccccc1)n1[nH]nnc1=S.CC(c1ccccc1)n1[nH]nnc1=S. The Morgan fingerprint density at radius 2 is 1.04 bits per heavy atom. The van der Waals surface area contributed by atoms with Crippen molar-refractivity contribution in [3.05, 3.63) is 81.3 Å². The fourth-order valence-electron chi connectivity index (χ4n) is 2.67. The Bertz CT molecular complexity index is 1010. The lowest BCUT2D eigenvalue weighted by Gasteiger charge is -2.11. The van der Waals surface area contributed by atoms with Gasteiger partial charge in [-0.15, -0.1) is 0 Å². The molecule has 2 aromatic heterocycles. The molecule has 0 fully saturated rings. The number of benzene rings is 2. The smallest absolute Gasteiger partial charge is 0.235 e. The average Bonchev–Trinajstić information content (AvgIpc) is 3.37. The highest BCUT2D eigenvalue weighted by molar-refractivity contribution is 7.71. The average molecular weight is 413 g/mol. The lowest BCUT2D eigenvalue weighted by molar-refractivity contribution is 0.537. The van der Waals surface area contributed by atoms with E-state index in [1.807, 2.05) is 74.5 Å². The second-order valence-electron chi connectivity index (χ2n) is 6.08. The van der Waals surface area contributed by atoms with Crippen LogP contribution >= 0.6 is 24.4 Å². The molecular formula is C18H20N8S2. The third-order valence-corrected chi connectivity index (χ3v) is 4.88. The lowest BCUT2D eigenvalue weighted by Crippen LogP contribution is -2.08. The molecule has 0 aliphatic carbocycles. The first-order valence-corrected chi connectivity index (χ1v) is 9.48. The number of rotatable bonds is 4. The van der Waals surface area contributed by atoms with Gasteiger partial charge in [0.2, 0.25) is 9.54 Å². The van der Waals surface area contributed by atoms with Gasteiger partial charge in [0.05, 0.1) is 12.1 Å². The summed E-state index contributed by atoms with van der Waals surface area (Å²) >= 11 is 10.0. The molecule has 0 aliphatic heterocycles. The molecule has 2 atom stereocenters. The molecule has 4 rings (SSSR count). The lowest BCUT2D eigenvalue weighted by atomic mass is 10.1. The van der Waals surface area contributed by atoms with Crippen molar-refractivity contribution in [2.24, 2.45) is 0 Å². The second-order valence-corrected chi connectivity index (χ2v) is 6.81. The molecule has 0 bridgehead atoms. The molecule has 28 heavy (non-hydrogen) atoms. The third-order valence-electron chi connectivity index (χ3n) is 4.33. The predicted molar refractivity (Wildman–Crippen MR) is 111 cm³/mol. The maximum atomic E-state index is 5.02. The van der Waals surface area contributed by atoms with Crippen LogP contribution in [0.1, 0.15) is 37.1 Å². The van der Waals surface area contributed by atoms with E-state index < -0.39 is 0 Å². The Morgan fingerprint density at radius 3 is 1.32 bits per heavy atom. The van der Waals surface area contributed by atoms with Crippen LogP contribution in [0.25, 0.3) is 0 Å². The Balaban J connectivity index is 0.000000161. The normalized spacial score (nSPS) is 12.6. The minimum atomic E-state index is 0.138. The van der Waals surface area contributed by atoms with Crippen LogP contribution < -0.4 is 0 Å². The van der Waals surface area contributed by atoms with Crippen molar-refractivity contribution in [2.75, 3.05) is 0 Å². The molecule has 144 valence electrons. The molecule has 0 aliphatic rings. The number of tetrazole rings is 2. The zero-order valence-electron chi connectivity index (χ0n) is 15.4. The van der Waals surface area contributed by atoms with E-state index in [-0.39, 0.29) is 12.1 Å². The quantitative estimate of drug-likeness (QED) is 0.494. The summed E-state index contributed by atoms with van der Waals surface area (Å²) in [6.45, 7) is 4.09. The molecule has 4 aromatic rings. The Hall–Kier alpha value is -2.98. The van der Waals surface area contributed by atoms with Crippen LogP contribution in [0.15, 0.2) is 60.7 Å². The highest BCUT2D eigenvalue weighted by atomic mass is 32.1. The first kappa shape index (κ1) is 19.8. The number of H-pyrrole nitrogens is 2. The summed E-state index contributed by atoms with van der Waals surface area (Å²) in [5.74, 6) is 0. The van der Waals surface area contributed by atoms with Crippen molar-refractivity contribution < 1.29 is 0 Å². The van der Waals surface area contributed by atoms with Crippen molar-refractivity contribution in [1.29, 1.82) is 0 Å². The maximum absolute atomic E-state index is 5.02. The molecule has 0 saturated carbocycles. The van der Waals surface area contributed by atoms with Gasteiger partial charge in [-0.25, -0.2) is 9.36 Å². The van der Waals surface area contributed by atoms with Gasteiger partial charge < -0.3 is 0 Å². The van der Waals surface area contributed by atoms with Gasteiger partial charge in [-0.1, -0.05) is 81.3 Å². The number of aromatic nitrogens is 8. The van der Waals surface area contributed by atoms with E-state index in [4.69, 9.17) is 24.4 Å². The summed E-state index contributed by atoms with van der Waals surface area (Å²) in [5.41, 5.74) is 2.35. The van der Waals surface area contributed by atoms with Crippen LogP contribution in [0.3, 0.4) is 0 Å². The van der Waals surface area contributed by atoms with E-state index in [0.29, 0.717) is 9.54 Å².